The van der Waals surface area contributed by atoms with Gasteiger partial charge in [0.15, 0.2) is 5.60 Å². The summed E-state index contributed by atoms with van der Waals surface area (Å²) in [5, 5.41) is 0. The molecule has 1 fully saturated rings. The molecule has 2 amide bonds. The van der Waals surface area contributed by atoms with Crippen LogP contribution in [0.2, 0.25) is 0 Å². The first-order valence-electron chi connectivity index (χ1n) is 10.5. The smallest absolute Gasteiger partial charge is 0.270 e. The van der Waals surface area contributed by atoms with E-state index in [0.29, 0.717) is 36.6 Å². The third-order valence-electron chi connectivity index (χ3n) is 5.88. The van der Waals surface area contributed by atoms with Crippen molar-refractivity contribution in [3.05, 3.63) is 59.7 Å². The molecule has 4 rings (SSSR count). The third kappa shape index (κ3) is 4.05. The zero-order valence-electron chi connectivity index (χ0n) is 17.9. The summed E-state index contributed by atoms with van der Waals surface area (Å²) in [6, 6.07) is 15.5. The van der Waals surface area contributed by atoms with Crippen molar-refractivity contribution in [1.29, 1.82) is 0 Å². The molecule has 0 unspecified atom stereocenters. The van der Waals surface area contributed by atoms with Crippen molar-refractivity contribution in [2.75, 3.05) is 44.7 Å². The average molecular weight is 408 g/mol. The minimum Gasteiger partial charge on any atom is -0.476 e. The number of benzene rings is 2. The molecular weight excluding hydrogens is 378 g/mol. The molecule has 6 heteroatoms. The minimum absolute atomic E-state index is 0.00573. The normalized spacial score (nSPS) is 18.7. The maximum Gasteiger partial charge on any atom is 0.270 e. The maximum absolute atomic E-state index is 13.2. The molecule has 1 saturated heterocycles. The number of likely N-dealkylation sites (N-methyl/N-ethyl adjacent to an activating group) is 1. The number of rotatable bonds is 4. The highest BCUT2D eigenvalue weighted by atomic mass is 16.5. The van der Waals surface area contributed by atoms with Gasteiger partial charge < -0.3 is 19.4 Å². The number of nitrogens with zero attached hydrogens (tertiary/aromatic N) is 3. The van der Waals surface area contributed by atoms with Crippen LogP contribution in [0, 0.1) is 0 Å². The number of hydrogen-bond donors (Lipinski definition) is 0. The van der Waals surface area contributed by atoms with Crippen LogP contribution in [-0.2, 0) is 11.2 Å². The fourth-order valence-electron chi connectivity index (χ4n) is 4.00. The molecule has 0 spiro atoms. The topological polar surface area (TPSA) is 53.1 Å². The van der Waals surface area contributed by atoms with E-state index in [-0.39, 0.29) is 11.8 Å². The second-order valence-electron chi connectivity index (χ2n) is 8.58. The molecule has 0 radical (unpaired) electrons. The number of carbonyl (C=O) groups is 2. The first-order chi connectivity index (χ1) is 14.3. The average Bonchev–Trinajstić information content (AvgIpc) is 2.74. The van der Waals surface area contributed by atoms with Crippen molar-refractivity contribution in [2.24, 2.45) is 0 Å². The van der Waals surface area contributed by atoms with E-state index in [9.17, 15) is 9.59 Å². The summed E-state index contributed by atoms with van der Waals surface area (Å²) in [5.74, 6) is 0.559. The van der Waals surface area contributed by atoms with Crippen molar-refractivity contribution in [3.8, 4) is 5.75 Å². The summed E-state index contributed by atoms with van der Waals surface area (Å²) < 4.78 is 5.99. The Morgan fingerprint density at radius 1 is 1.03 bits per heavy atom. The van der Waals surface area contributed by atoms with Gasteiger partial charge in [0.05, 0.1) is 5.69 Å². The number of piperazine rings is 1. The molecule has 0 N–H and O–H groups in total. The SMILES string of the molecule is CN1CCN(C(=O)c2ccc3c(c2)N(CCc2ccccc2)C(=O)C(C)(C)O3)CC1. The van der Waals surface area contributed by atoms with Gasteiger partial charge in [-0.05, 0) is 51.1 Å². The van der Waals surface area contributed by atoms with Crippen molar-refractivity contribution in [2.45, 2.75) is 25.9 Å². The second-order valence-corrected chi connectivity index (χ2v) is 8.58. The summed E-state index contributed by atoms with van der Waals surface area (Å²) >= 11 is 0. The van der Waals surface area contributed by atoms with Gasteiger partial charge in [-0.2, -0.15) is 0 Å². The lowest BCUT2D eigenvalue weighted by Crippen LogP contribution is -2.53. The standard InChI is InChI=1S/C24H29N3O3/c1-24(2)23(29)27(12-11-18-7-5-4-6-8-18)20-17-19(9-10-21(20)30-24)22(28)26-15-13-25(3)14-16-26/h4-10,17H,11-16H2,1-3H3. The largest absolute Gasteiger partial charge is 0.476 e. The summed E-state index contributed by atoms with van der Waals surface area (Å²) in [6.07, 6.45) is 0.735. The van der Waals surface area contributed by atoms with E-state index >= 15 is 0 Å². The monoisotopic (exact) mass is 407 g/mol. The predicted molar refractivity (Wildman–Crippen MR) is 117 cm³/mol. The molecule has 0 bridgehead atoms. The van der Waals surface area contributed by atoms with Crippen LogP contribution in [-0.4, -0.2) is 67.0 Å². The van der Waals surface area contributed by atoms with E-state index in [1.165, 1.54) is 5.56 Å². The Hall–Kier alpha value is -2.86. The molecule has 0 saturated carbocycles. The lowest BCUT2D eigenvalue weighted by atomic mass is 10.0. The van der Waals surface area contributed by atoms with Crippen LogP contribution < -0.4 is 9.64 Å². The van der Waals surface area contributed by atoms with Gasteiger partial charge in [-0.3, -0.25) is 9.59 Å². The van der Waals surface area contributed by atoms with E-state index in [1.54, 1.807) is 24.8 Å². The van der Waals surface area contributed by atoms with Gasteiger partial charge in [-0.1, -0.05) is 30.3 Å². The molecule has 2 aromatic carbocycles. The van der Waals surface area contributed by atoms with E-state index in [0.717, 1.165) is 19.5 Å². The molecule has 2 aliphatic rings. The van der Waals surface area contributed by atoms with E-state index in [4.69, 9.17) is 4.74 Å². The quantitative estimate of drug-likeness (QED) is 0.782. The number of anilines is 1. The number of amides is 2. The predicted octanol–water partition coefficient (Wildman–Crippen LogP) is 2.82. The van der Waals surface area contributed by atoms with Gasteiger partial charge in [-0.15, -0.1) is 0 Å². The van der Waals surface area contributed by atoms with Crippen LogP contribution in [0.5, 0.6) is 5.75 Å². The number of carbonyl (C=O) groups excluding carboxylic acids is 2. The first kappa shape index (κ1) is 20.4. The van der Waals surface area contributed by atoms with Gasteiger partial charge in [0.2, 0.25) is 0 Å². The van der Waals surface area contributed by atoms with Crippen molar-refractivity contribution >= 4 is 17.5 Å². The highest BCUT2D eigenvalue weighted by Crippen LogP contribution is 2.38. The summed E-state index contributed by atoms with van der Waals surface area (Å²) in [7, 11) is 2.07. The molecule has 2 aliphatic heterocycles. The second kappa shape index (κ2) is 8.11. The van der Waals surface area contributed by atoms with Crippen LogP contribution in [0.25, 0.3) is 0 Å². The molecule has 158 valence electrons. The van der Waals surface area contributed by atoms with Crippen LogP contribution >= 0.6 is 0 Å². The molecule has 6 nitrogen and oxygen atoms in total. The lowest BCUT2D eigenvalue weighted by molar-refractivity contribution is -0.132. The van der Waals surface area contributed by atoms with Crippen LogP contribution in [0.1, 0.15) is 29.8 Å². The minimum atomic E-state index is -0.938. The van der Waals surface area contributed by atoms with Gasteiger partial charge in [0, 0.05) is 38.3 Å². The van der Waals surface area contributed by atoms with E-state index in [2.05, 4.69) is 24.1 Å². The third-order valence-corrected chi connectivity index (χ3v) is 5.88. The molecule has 0 aromatic heterocycles. The van der Waals surface area contributed by atoms with Gasteiger partial charge >= 0.3 is 0 Å². The number of hydrogen-bond acceptors (Lipinski definition) is 4. The molecular formula is C24H29N3O3. The van der Waals surface area contributed by atoms with Crippen LogP contribution in [0.4, 0.5) is 5.69 Å². The summed E-state index contributed by atoms with van der Waals surface area (Å²) in [4.78, 5) is 32.1. The fraction of sp³-hybridized carbons (Fsp3) is 0.417. The Morgan fingerprint density at radius 3 is 2.43 bits per heavy atom. The molecule has 2 aromatic rings. The number of fused-ring (bicyclic) bond motifs is 1. The highest BCUT2D eigenvalue weighted by Gasteiger charge is 2.41. The Bertz CT molecular complexity index is 934. The number of ether oxygens (including phenoxy) is 1. The van der Waals surface area contributed by atoms with Crippen molar-refractivity contribution < 1.29 is 14.3 Å². The van der Waals surface area contributed by atoms with E-state index < -0.39 is 5.60 Å². The fourth-order valence-corrected chi connectivity index (χ4v) is 4.00. The zero-order valence-corrected chi connectivity index (χ0v) is 17.9. The summed E-state index contributed by atoms with van der Waals surface area (Å²) in [6.45, 7) is 7.29. The lowest BCUT2D eigenvalue weighted by Gasteiger charge is -2.39. The first-order valence-corrected chi connectivity index (χ1v) is 10.5. The van der Waals surface area contributed by atoms with Gasteiger partial charge in [-0.25, -0.2) is 0 Å². The van der Waals surface area contributed by atoms with E-state index in [1.807, 2.05) is 35.2 Å². The molecule has 30 heavy (non-hydrogen) atoms. The molecule has 0 aliphatic carbocycles. The Balaban J connectivity index is 1.61. The summed E-state index contributed by atoms with van der Waals surface area (Å²) in [5.41, 5.74) is 1.50. The van der Waals surface area contributed by atoms with Crippen molar-refractivity contribution in [3.63, 3.8) is 0 Å². The zero-order chi connectivity index (χ0) is 21.3. The Labute approximate surface area is 178 Å². The van der Waals surface area contributed by atoms with Gasteiger partial charge in [0.25, 0.3) is 11.8 Å². The Kier molecular flexibility index (Phi) is 5.52. The van der Waals surface area contributed by atoms with Crippen LogP contribution in [0.3, 0.4) is 0 Å². The van der Waals surface area contributed by atoms with Gasteiger partial charge in [0.1, 0.15) is 5.75 Å². The Morgan fingerprint density at radius 2 is 1.73 bits per heavy atom. The molecule has 0 atom stereocenters. The molecule has 2 heterocycles. The van der Waals surface area contributed by atoms with Crippen LogP contribution in [0.15, 0.2) is 48.5 Å². The maximum atomic E-state index is 13.2. The highest BCUT2D eigenvalue weighted by molar-refractivity contribution is 6.04. The van der Waals surface area contributed by atoms with Crippen molar-refractivity contribution in [1.82, 2.24) is 9.80 Å².